The normalized spacial score (nSPS) is 40.4. The molecule has 0 aromatic carbocycles. The Kier molecular flexibility index (Phi) is 11.4. The number of furan rings is 2. The summed E-state index contributed by atoms with van der Waals surface area (Å²) < 4.78 is 11.6. The van der Waals surface area contributed by atoms with Crippen molar-refractivity contribution in [2.45, 2.75) is 113 Å². The molecular formula is C36H48N6O4PdS2. The summed E-state index contributed by atoms with van der Waals surface area (Å²) in [6, 6.07) is 7.94. The van der Waals surface area contributed by atoms with Crippen molar-refractivity contribution in [3.63, 3.8) is 0 Å². The molecule has 10 atom stereocenters. The van der Waals surface area contributed by atoms with Gasteiger partial charge < -0.3 is 55.8 Å². The van der Waals surface area contributed by atoms with E-state index in [9.17, 15) is 10.2 Å². The molecule has 2 heterocycles. The van der Waals surface area contributed by atoms with Crippen LogP contribution in [0.5, 0.6) is 0 Å². The van der Waals surface area contributed by atoms with E-state index in [0.29, 0.717) is 0 Å². The van der Waals surface area contributed by atoms with Crippen molar-refractivity contribution in [3.05, 3.63) is 48.3 Å². The number of hydrogen-bond acceptors (Lipinski definition) is 10. The van der Waals surface area contributed by atoms with Gasteiger partial charge in [-0.25, -0.2) is 0 Å². The Bertz CT molecular complexity index is 1430. The van der Waals surface area contributed by atoms with Crippen molar-refractivity contribution in [2.24, 2.45) is 67.4 Å². The van der Waals surface area contributed by atoms with Gasteiger partial charge in [-0.1, -0.05) is 38.5 Å². The molecule has 13 heteroatoms. The maximum Gasteiger partial charge on any atom is 2.00 e. The Hall–Kier alpha value is -2.14. The van der Waals surface area contributed by atoms with E-state index in [1.165, 1.54) is 12.8 Å². The second-order valence-corrected chi connectivity index (χ2v) is 15.7. The zero-order valence-corrected chi connectivity index (χ0v) is 31.0. The van der Waals surface area contributed by atoms with Crippen LogP contribution < -0.4 is 11.5 Å². The topological polar surface area (TPSA) is 168 Å². The summed E-state index contributed by atoms with van der Waals surface area (Å²) >= 11 is 9.74. The molecule has 6 unspecified atom stereocenters. The Morgan fingerprint density at radius 2 is 1.08 bits per heavy atom. The van der Waals surface area contributed by atoms with Crippen LogP contribution in [0.2, 0.25) is 0 Å². The van der Waals surface area contributed by atoms with Gasteiger partial charge in [-0.2, -0.15) is 20.4 Å². The van der Waals surface area contributed by atoms with Gasteiger partial charge in [-0.05, 0) is 97.8 Å². The molecule has 10 nitrogen and oxygen atoms in total. The van der Waals surface area contributed by atoms with E-state index in [0.717, 1.165) is 100.0 Å². The minimum Gasteiger partial charge on any atom is -0.741 e. The Morgan fingerprint density at radius 3 is 1.45 bits per heavy atom. The van der Waals surface area contributed by atoms with Crippen molar-refractivity contribution in [3.8, 4) is 0 Å². The van der Waals surface area contributed by atoms with E-state index in [1.807, 2.05) is 24.3 Å². The third kappa shape index (κ3) is 6.81. The van der Waals surface area contributed by atoms with Gasteiger partial charge in [-0.3, -0.25) is 0 Å². The van der Waals surface area contributed by atoms with Gasteiger partial charge in [0.25, 0.3) is 0 Å². The molecule has 0 saturated heterocycles. The monoisotopic (exact) mass is 798 g/mol. The van der Waals surface area contributed by atoms with Gasteiger partial charge in [0.1, 0.15) is 11.5 Å². The van der Waals surface area contributed by atoms with Crippen molar-refractivity contribution in [1.29, 1.82) is 0 Å². The number of amidine groups is 2. The van der Waals surface area contributed by atoms with Crippen LogP contribution >= 0.6 is 0 Å². The third-order valence-corrected chi connectivity index (χ3v) is 12.8. The summed E-state index contributed by atoms with van der Waals surface area (Å²) in [5.74, 6) is 3.41. The van der Waals surface area contributed by atoms with Gasteiger partial charge in [0, 0.05) is 35.5 Å². The third-order valence-electron chi connectivity index (χ3n) is 12.7. The molecule has 0 aliphatic heterocycles. The number of nitrogens with zero attached hydrogens (tertiary/aromatic N) is 4. The van der Waals surface area contributed by atoms with Gasteiger partial charge in [0.05, 0.1) is 35.2 Å². The zero-order valence-electron chi connectivity index (χ0n) is 27.8. The maximum absolute atomic E-state index is 11.7. The van der Waals surface area contributed by atoms with E-state index in [-0.39, 0.29) is 78.1 Å². The molecule has 2 aromatic heterocycles. The van der Waals surface area contributed by atoms with Gasteiger partial charge >= 0.3 is 20.4 Å². The number of nitrogens with two attached hydrogens (primary N) is 2. The maximum atomic E-state index is 11.7. The molecule has 0 amide bonds. The summed E-state index contributed by atoms with van der Waals surface area (Å²) in [5, 5.41) is 40.3. The van der Waals surface area contributed by atoms with Crippen LogP contribution in [0.15, 0.2) is 66.0 Å². The standard InChI is InChI=1S/2C18H25N3O2S.Pd/c2*19-17(24)21-20-16-11-5-3-7-13(16)18(22)9-2-1-6-12(18)15(11)14-8-4-10-23-14;/h2*4,8,10-13,15,22H,1-3,5-7,9H2,(H3,19,21,24);/q;;+2/p-2/t2*11-,12?,13-,15?,18?;/m00./s1. The molecule has 49 heavy (non-hydrogen) atoms. The average molecular weight is 799 g/mol. The average Bonchev–Trinajstić information content (AvgIpc) is 3.80. The van der Waals surface area contributed by atoms with Crippen molar-refractivity contribution >= 4 is 47.0 Å². The predicted octanol–water partition coefficient (Wildman–Crippen LogP) is 5.86. The first kappa shape index (κ1) is 36.6. The summed E-state index contributed by atoms with van der Waals surface area (Å²) in [6.07, 6.45) is 18.0. The molecule has 6 fully saturated rings. The number of hydrogen-bond donors (Lipinski definition) is 4. The SMILES string of the molecule is N/C([S-])=N/N=C1[C@H]2CCC[C@@H]1C1(O)CCCCC1C2c1ccco1.N/C([S-])=N/N=C1[C@H]2CCC[C@@H]1C1(O)CCCCC1C2c1ccco1.[Pd+2]. The van der Waals surface area contributed by atoms with Gasteiger partial charge in [0.15, 0.2) is 0 Å². The molecular weight excluding hydrogens is 751 g/mol. The van der Waals surface area contributed by atoms with Crippen molar-refractivity contribution in [2.75, 3.05) is 0 Å². The fourth-order valence-corrected chi connectivity index (χ4v) is 11.1. The minimum atomic E-state index is -0.711. The molecule has 8 rings (SSSR count). The zero-order chi connectivity index (χ0) is 33.5. The molecule has 6 saturated carbocycles. The molecule has 4 bridgehead atoms. The van der Waals surface area contributed by atoms with Crippen LogP contribution in [-0.2, 0) is 45.7 Å². The first-order chi connectivity index (χ1) is 23.2. The number of aliphatic hydroxyl groups is 2. The van der Waals surface area contributed by atoms with Crippen LogP contribution in [-0.4, -0.2) is 43.2 Å². The number of fused-ring (bicyclic) bond motifs is 8. The van der Waals surface area contributed by atoms with Crippen LogP contribution in [0.25, 0.3) is 0 Å². The van der Waals surface area contributed by atoms with E-state index in [4.69, 9.17) is 45.6 Å². The summed E-state index contributed by atoms with van der Waals surface area (Å²) in [7, 11) is 0. The van der Waals surface area contributed by atoms with Gasteiger partial charge in [-0.15, -0.1) is 0 Å². The smallest absolute Gasteiger partial charge is 0.741 e. The van der Waals surface area contributed by atoms with E-state index in [2.05, 4.69) is 20.4 Å². The molecule has 6 aliphatic rings. The molecule has 6 N–H and O–H groups in total. The Labute approximate surface area is 313 Å². The molecule has 268 valence electrons. The van der Waals surface area contributed by atoms with Crippen LogP contribution in [0, 0.1) is 35.5 Å². The quantitative estimate of drug-likeness (QED) is 0.0981. The predicted molar refractivity (Wildman–Crippen MR) is 191 cm³/mol. The summed E-state index contributed by atoms with van der Waals surface area (Å²) in [4.78, 5) is 0. The molecule has 2 aromatic rings. The fraction of sp³-hybridized carbons (Fsp3) is 0.667. The van der Waals surface area contributed by atoms with E-state index in [1.54, 1.807) is 12.5 Å². The number of rotatable bonds is 4. The first-order valence-electron chi connectivity index (χ1n) is 17.9. The fourth-order valence-electron chi connectivity index (χ4n) is 11.0. The molecule has 0 spiro atoms. The Balaban J connectivity index is 0.000000167. The van der Waals surface area contributed by atoms with Crippen molar-refractivity contribution in [1.82, 2.24) is 0 Å². The Morgan fingerprint density at radius 1 is 0.653 bits per heavy atom. The molecule has 0 radical (unpaired) electrons. The largest absolute Gasteiger partial charge is 2.00 e. The van der Waals surface area contributed by atoms with Crippen LogP contribution in [0.3, 0.4) is 0 Å². The minimum absolute atomic E-state index is 0. The summed E-state index contributed by atoms with van der Waals surface area (Å²) in [5.41, 5.74) is 11.6. The van der Waals surface area contributed by atoms with Crippen LogP contribution in [0.4, 0.5) is 0 Å². The van der Waals surface area contributed by atoms with E-state index >= 15 is 0 Å². The van der Waals surface area contributed by atoms with E-state index < -0.39 is 11.2 Å². The molecule has 6 aliphatic carbocycles. The van der Waals surface area contributed by atoms with Crippen molar-refractivity contribution < 1.29 is 39.5 Å². The second kappa shape index (κ2) is 15.2. The first-order valence-corrected chi connectivity index (χ1v) is 18.7. The second-order valence-electron chi connectivity index (χ2n) is 14.9. The summed E-state index contributed by atoms with van der Waals surface area (Å²) in [6.45, 7) is 0. The van der Waals surface area contributed by atoms with Crippen LogP contribution in [0.1, 0.15) is 113 Å². The van der Waals surface area contributed by atoms with Gasteiger partial charge in [0.2, 0.25) is 0 Å².